The maximum absolute atomic E-state index is 4.41. The van der Waals surface area contributed by atoms with Gasteiger partial charge in [-0.1, -0.05) is 19.1 Å². The Kier molecular flexibility index (Phi) is 3.38. The van der Waals surface area contributed by atoms with Crippen LogP contribution >= 0.6 is 0 Å². The summed E-state index contributed by atoms with van der Waals surface area (Å²) in [5.74, 6) is 0. The Morgan fingerprint density at radius 2 is 2.26 bits per heavy atom. The Bertz CT molecular complexity index is 571. The smallest absolute Gasteiger partial charge is 0.0682 e. The van der Waals surface area contributed by atoms with E-state index in [-0.39, 0.29) is 0 Å². The molecule has 0 amide bonds. The Morgan fingerprint density at radius 3 is 3.05 bits per heavy atom. The fourth-order valence-corrected chi connectivity index (χ4v) is 3.04. The summed E-state index contributed by atoms with van der Waals surface area (Å²) in [6, 6.07) is 9.50. The minimum Gasteiger partial charge on any atom is -0.313 e. The van der Waals surface area contributed by atoms with Crippen molar-refractivity contribution in [1.29, 1.82) is 0 Å². The van der Waals surface area contributed by atoms with E-state index in [2.05, 4.69) is 46.3 Å². The number of rotatable bonds is 4. The zero-order valence-electron chi connectivity index (χ0n) is 11.7. The number of nitrogens with zero attached hydrogens (tertiary/aromatic N) is 2. The standard InChI is InChI=1S/C16H21N3/c1-3-10-19-16(8-9-18-19)13-4-6-14-12(11-13)5-7-15(14)17-2/h4,6,8-9,11,15,17H,3,5,7,10H2,1-2H3. The molecule has 1 N–H and O–H groups in total. The molecule has 1 atom stereocenters. The molecule has 100 valence electrons. The Balaban J connectivity index is 1.96. The Labute approximate surface area is 114 Å². The Morgan fingerprint density at radius 1 is 1.37 bits per heavy atom. The van der Waals surface area contributed by atoms with Gasteiger partial charge in [0.1, 0.15) is 0 Å². The fraction of sp³-hybridized carbons (Fsp3) is 0.438. The van der Waals surface area contributed by atoms with Crippen molar-refractivity contribution in [2.45, 2.75) is 38.8 Å². The summed E-state index contributed by atoms with van der Waals surface area (Å²) in [7, 11) is 2.05. The van der Waals surface area contributed by atoms with Crippen LogP contribution in [0, 0.1) is 0 Å². The number of nitrogens with one attached hydrogen (secondary N) is 1. The summed E-state index contributed by atoms with van der Waals surface area (Å²) >= 11 is 0. The van der Waals surface area contributed by atoms with Crippen molar-refractivity contribution < 1.29 is 0 Å². The number of hydrogen-bond donors (Lipinski definition) is 1. The van der Waals surface area contributed by atoms with Gasteiger partial charge >= 0.3 is 0 Å². The van der Waals surface area contributed by atoms with Gasteiger partial charge in [0.25, 0.3) is 0 Å². The summed E-state index contributed by atoms with van der Waals surface area (Å²) in [6.45, 7) is 3.17. The third-order valence-electron chi connectivity index (χ3n) is 4.02. The van der Waals surface area contributed by atoms with E-state index in [1.807, 2.05) is 13.2 Å². The molecule has 0 aliphatic heterocycles. The maximum Gasteiger partial charge on any atom is 0.0682 e. The van der Waals surface area contributed by atoms with Gasteiger partial charge < -0.3 is 5.32 Å². The van der Waals surface area contributed by atoms with Crippen molar-refractivity contribution in [2.24, 2.45) is 0 Å². The van der Waals surface area contributed by atoms with Gasteiger partial charge in [-0.15, -0.1) is 0 Å². The van der Waals surface area contributed by atoms with Gasteiger partial charge in [-0.3, -0.25) is 4.68 Å². The normalized spacial score (nSPS) is 17.7. The van der Waals surface area contributed by atoms with Crippen LogP contribution in [0.5, 0.6) is 0 Å². The van der Waals surface area contributed by atoms with Crippen LogP contribution in [-0.2, 0) is 13.0 Å². The van der Waals surface area contributed by atoms with E-state index in [9.17, 15) is 0 Å². The third kappa shape index (κ3) is 2.19. The fourth-order valence-electron chi connectivity index (χ4n) is 3.04. The number of aryl methyl sites for hydroxylation is 2. The molecule has 0 saturated carbocycles. The first-order valence-electron chi connectivity index (χ1n) is 7.15. The summed E-state index contributed by atoms with van der Waals surface area (Å²) in [6.07, 6.45) is 5.40. The minimum atomic E-state index is 0.532. The van der Waals surface area contributed by atoms with Crippen molar-refractivity contribution in [3.05, 3.63) is 41.6 Å². The second kappa shape index (κ2) is 5.17. The monoisotopic (exact) mass is 255 g/mol. The average molecular weight is 255 g/mol. The highest BCUT2D eigenvalue weighted by molar-refractivity contribution is 5.62. The highest BCUT2D eigenvalue weighted by Gasteiger charge is 2.21. The SMILES string of the molecule is CCCn1nccc1-c1ccc2c(c1)CCC2NC. The lowest BCUT2D eigenvalue weighted by molar-refractivity contribution is 0.590. The predicted molar refractivity (Wildman–Crippen MR) is 78.1 cm³/mol. The average Bonchev–Trinajstić information content (AvgIpc) is 3.04. The van der Waals surface area contributed by atoms with Crippen molar-refractivity contribution in [3.8, 4) is 11.3 Å². The quantitative estimate of drug-likeness (QED) is 0.909. The molecule has 19 heavy (non-hydrogen) atoms. The van der Waals surface area contributed by atoms with Crippen LogP contribution in [0.3, 0.4) is 0 Å². The van der Waals surface area contributed by atoms with Crippen LogP contribution < -0.4 is 5.32 Å². The first-order valence-corrected chi connectivity index (χ1v) is 7.15. The lowest BCUT2D eigenvalue weighted by atomic mass is 10.0. The third-order valence-corrected chi connectivity index (χ3v) is 4.02. The molecule has 0 bridgehead atoms. The second-order valence-corrected chi connectivity index (χ2v) is 5.23. The number of fused-ring (bicyclic) bond motifs is 1. The van der Waals surface area contributed by atoms with E-state index in [4.69, 9.17) is 0 Å². The van der Waals surface area contributed by atoms with Crippen LogP contribution in [0.1, 0.15) is 36.9 Å². The lowest BCUT2D eigenvalue weighted by Gasteiger charge is -2.11. The van der Waals surface area contributed by atoms with Crippen molar-refractivity contribution in [3.63, 3.8) is 0 Å². The van der Waals surface area contributed by atoms with Crippen molar-refractivity contribution in [2.75, 3.05) is 7.05 Å². The zero-order valence-corrected chi connectivity index (χ0v) is 11.7. The van der Waals surface area contributed by atoms with Crippen LogP contribution in [-0.4, -0.2) is 16.8 Å². The van der Waals surface area contributed by atoms with Gasteiger partial charge in [0, 0.05) is 24.3 Å². The zero-order chi connectivity index (χ0) is 13.2. The van der Waals surface area contributed by atoms with Crippen molar-refractivity contribution in [1.82, 2.24) is 15.1 Å². The Hall–Kier alpha value is -1.61. The highest BCUT2D eigenvalue weighted by atomic mass is 15.3. The van der Waals surface area contributed by atoms with Gasteiger partial charge in [0.15, 0.2) is 0 Å². The minimum absolute atomic E-state index is 0.532. The molecule has 1 aromatic heterocycles. The summed E-state index contributed by atoms with van der Waals surface area (Å²) in [4.78, 5) is 0. The van der Waals surface area contributed by atoms with E-state index in [1.165, 1.54) is 35.2 Å². The molecule has 0 spiro atoms. The highest BCUT2D eigenvalue weighted by Crippen LogP contribution is 2.33. The van der Waals surface area contributed by atoms with E-state index in [0.29, 0.717) is 6.04 Å². The molecule has 1 aliphatic carbocycles. The van der Waals surface area contributed by atoms with E-state index >= 15 is 0 Å². The van der Waals surface area contributed by atoms with Crippen LogP contribution in [0.15, 0.2) is 30.5 Å². The lowest BCUT2D eigenvalue weighted by Crippen LogP contribution is -2.12. The number of aromatic nitrogens is 2. The van der Waals surface area contributed by atoms with Gasteiger partial charge in [-0.05, 0) is 49.6 Å². The molecule has 1 aliphatic rings. The molecule has 1 unspecified atom stereocenters. The van der Waals surface area contributed by atoms with E-state index in [1.54, 1.807) is 0 Å². The molecular formula is C16H21N3. The number of benzene rings is 1. The maximum atomic E-state index is 4.41. The van der Waals surface area contributed by atoms with Crippen LogP contribution in [0.4, 0.5) is 0 Å². The van der Waals surface area contributed by atoms with E-state index < -0.39 is 0 Å². The summed E-state index contributed by atoms with van der Waals surface area (Å²) in [5, 5.41) is 7.80. The second-order valence-electron chi connectivity index (χ2n) is 5.23. The largest absolute Gasteiger partial charge is 0.313 e. The first-order chi connectivity index (χ1) is 9.33. The molecule has 3 nitrogen and oxygen atoms in total. The molecule has 0 saturated heterocycles. The molecule has 1 aromatic carbocycles. The topological polar surface area (TPSA) is 29.9 Å². The number of hydrogen-bond acceptors (Lipinski definition) is 2. The van der Waals surface area contributed by atoms with Gasteiger partial charge in [-0.2, -0.15) is 5.10 Å². The molecule has 0 radical (unpaired) electrons. The molecule has 3 heteroatoms. The van der Waals surface area contributed by atoms with Gasteiger partial charge in [-0.25, -0.2) is 0 Å². The van der Waals surface area contributed by atoms with E-state index in [0.717, 1.165) is 13.0 Å². The van der Waals surface area contributed by atoms with Gasteiger partial charge in [0.05, 0.1) is 5.69 Å². The first kappa shape index (κ1) is 12.4. The van der Waals surface area contributed by atoms with Gasteiger partial charge in [0.2, 0.25) is 0 Å². The summed E-state index contributed by atoms with van der Waals surface area (Å²) < 4.78 is 2.10. The molecule has 0 fully saturated rings. The molecule has 1 heterocycles. The predicted octanol–water partition coefficient (Wildman–Crippen LogP) is 3.17. The molecular weight excluding hydrogens is 234 g/mol. The molecule has 2 aromatic rings. The van der Waals surface area contributed by atoms with Crippen LogP contribution in [0.25, 0.3) is 11.3 Å². The summed E-state index contributed by atoms with van der Waals surface area (Å²) in [5.41, 5.74) is 5.48. The molecule has 3 rings (SSSR count). The van der Waals surface area contributed by atoms with Crippen LogP contribution in [0.2, 0.25) is 0 Å². The van der Waals surface area contributed by atoms with Crippen molar-refractivity contribution >= 4 is 0 Å².